The fraction of sp³-hybridized carbons (Fsp3) is 0.462. The largest absolute Gasteiger partial charge is 0.496 e. The van der Waals surface area contributed by atoms with E-state index in [1.54, 1.807) is 0 Å². The van der Waals surface area contributed by atoms with E-state index >= 15 is 0 Å². The standard InChI is InChI=1S/C13H17FO4/c1-7(2)11-9(14)5-8(6-10(11)17-3)12(15)13(16)18-4/h5-7,12,15H,1-4H3. The molecule has 0 spiro atoms. The maximum absolute atomic E-state index is 13.9. The van der Waals surface area contributed by atoms with Crippen molar-refractivity contribution < 1.29 is 23.8 Å². The van der Waals surface area contributed by atoms with Gasteiger partial charge in [0.2, 0.25) is 0 Å². The zero-order valence-corrected chi connectivity index (χ0v) is 10.9. The third-order valence-electron chi connectivity index (χ3n) is 2.65. The molecule has 5 heteroatoms. The fourth-order valence-electron chi connectivity index (χ4n) is 1.75. The summed E-state index contributed by atoms with van der Waals surface area (Å²) in [5, 5.41) is 9.67. The zero-order valence-electron chi connectivity index (χ0n) is 10.9. The van der Waals surface area contributed by atoms with Gasteiger partial charge in [0, 0.05) is 5.56 Å². The molecule has 0 fully saturated rings. The van der Waals surface area contributed by atoms with Crippen molar-refractivity contribution in [1.29, 1.82) is 0 Å². The first-order valence-electron chi connectivity index (χ1n) is 5.55. The molecule has 4 nitrogen and oxygen atoms in total. The van der Waals surface area contributed by atoms with Crippen molar-refractivity contribution in [1.82, 2.24) is 0 Å². The molecule has 0 aromatic heterocycles. The molecule has 1 rings (SSSR count). The molecular weight excluding hydrogens is 239 g/mol. The average molecular weight is 256 g/mol. The molecule has 1 aromatic rings. The third kappa shape index (κ3) is 2.79. The summed E-state index contributed by atoms with van der Waals surface area (Å²) in [6.45, 7) is 3.66. The van der Waals surface area contributed by atoms with Gasteiger partial charge >= 0.3 is 5.97 Å². The van der Waals surface area contributed by atoms with Gasteiger partial charge in [-0.05, 0) is 23.6 Å². The van der Waals surface area contributed by atoms with Gasteiger partial charge in [-0.2, -0.15) is 0 Å². The van der Waals surface area contributed by atoms with Crippen molar-refractivity contribution in [3.63, 3.8) is 0 Å². The van der Waals surface area contributed by atoms with Crippen LogP contribution in [-0.4, -0.2) is 25.3 Å². The van der Waals surface area contributed by atoms with Crippen molar-refractivity contribution in [2.75, 3.05) is 14.2 Å². The first kappa shape index (κ1) is 14.4. The quantitative estimate of drug-likeness (QED) is 0.839. The van der Waals surface area contributed by atoms with Crippen LogP contribution in [0.15, 0.2) is 12.1 Å². The number of rotatable bonds is 4. The smallest absolute Gasteiger partial charge is 0.339 e. The van der Waals surface area contributed by atoms with Crippen LogP contribution in [-0.2, 0) is 9.53 Å². The van der Waals surface area contributed by atoms with Crippen LogP contribution in [0.4, 0.5) is 4.39 Å². The Bertz CT molecular complexity index is 443. The van der Waals surface area contributed by atoms with Crippen LogP contribution >= 0.6 is 0 Å². The van der Waals surface area contributed by atoms with E-state index in [9.17, 15) is 14.3 Å². The van der Waals surface area contributed by atoms with Crippen molar-refractivity contribution in [3.05, 3.63) is 29.1 Å². The molecular formula is C13H17FO4. The number of hydrogen-bond acceptors (Lipinski definition) is 4. The van der Waals surface area contributed by atoms with E-state index in [1.165, 1.54) is 13.2 Å². The number of aliphatic hydroxyl groups is 1. The van der Waals surface area contributed by atoms with E-state index in [0.29, 0.717) is 11.3 Å². The maximum atomic E-state index is 13.9. The van der Waals surface area contributed by atoms with Gasteiger partial charge in [0.25, 0.3) is 0 Å². The van der Waals surface area contributed by atoms with Crippen molar-refractivity contribution in [2.45, 2.75) is 25.9 Å². The first-order chi connectivity index (χ1) is 8.42. The predicted octanol–water partition coefficient (Wildman–Crippen LogP) is 2.16. The summed E-state index contributed by atoms with van der Waals surface area (Å²) in [4.78, 5) is 11.2. The second-order valence-corrected chi connectivity index (χ2v) is 4.20. The minimum absolute atomic E-state index is 0.0655. The molecule has 0 heterocycles. The van der Waals surface area contributed by atoms with Crippen LogP contribution in [0.2, 0.25) is 0 Å². The van der Waals surface area contributed by atoms with E-state index < -0.39 is 17.9 Å². The monoisotopic (exact) mass is 256 g/mol. The van der Waals surface area contributed by atoms with Gasteiger partial charge in [0.15, 0.2) is 6.10 Å². The highest BCUT2D eigenvalue weighted by atomic mass is 19.1. The first-order valence-corrected chi connectivity index (χ1v) is 5.55. The molecule has 1 aromatic carbocycles. The van der Waals surface area contributed by atoms with E-state index in [4.69, 9.17) is 4.74 Å². The van der Waals surface area contributed by atoms with Gasteiger partial charge < -0.3 is 14.6 Å². The number of methoxy groups -OCH3 is 2. The number of esters is 1. The minimum atomic E-state index is -1.51. The molecule has 0 aliphatic carbocycles. The van der Waals surface area contributed by atoms with Crippen molar-refractivity contribution in [3.8, 4) is 5.75 Å². The highest BCUT2D eigenvalue weighted by Crippen LogP contribution is 2.32. The van der Waals surface area contributed by atoms with E-state index in [0.717, 1.165) is 13.2 Å². The number of aliphatic hydroxyl groups excluding tert-OH is 1. The SMILES string of the molecule is COC(=O)C(O)c1cc(F)c(C(C)C)c(OC)c1. The molecule has 0 aliphatic heterocycles. The number of carbonyl (C=O) groups is 1. The molecule has 18 heavy (non-hydrogen) atoms. The van der Waals surface area contributed by atoms with Gasteiger partial charge in [-0.25, -0.2) is 9.18 Å². The molecule has 0 amide bonds. The number of carbonyl (C=O) groups excluding carboxylic acids is 1. The molecule has 0 bridgehead atoms. The Labute approximate surface area is 105 Å². The van der Waals surface area contributed by atoms with Crippen molar-refractivity contribution in [2.24, 2.45) is 0 Å². The van der Waals surface area contributed by atoms with Crippen LogP contribution in [0, 0.1) is 5.82 Å². The van der Waals surface area contributed by atoms with Crippen molar-refractivity contribution >= 4 is 5.97 Å². The Balaban J connectivity index is 3.26. The fourth-order valence-corrected chi connectivity index (χ4v) is 1.75. The second kappa shape index (κ2) is 5.82. The molecule has 1 unspecified atom stereocenters. The Morgan fingerprint density at radius 1 is 1.33 bits per heavy atom. The summed E-state index contributed by atoms with van der Waals surface area (Å²) in [7, 11) is 2.57. The van der Waals surface area contributed by atoms with Gasteiger partial charge in [-0.15, -0.1) is 0 Å². The van der Waals surface area contributed by atoms with Crippen LogP contribution < -0.4 is 4.74 Å². The minimum Gasteiger partial charge on any atom is -0.496 e. The lowest BCUT2D eigenvalue weighted by Crippen LogP contribution is -2.14. The summed E-state index contributed by atoms with van der Waals surface area (Å²) in [6, 6.07) is 2.57. The van der Waals surface area contributed by atoms with Gasteiger partial charge in [0.05, 0.1) is 14.2 Å². The average Bonchev–Trinajstić information content (AvgIpc) is 2.35. The Morgan fingerprint density at radius 2 is 1.94 bits per heavy atom. The van der Waals surface area contributed by atoms with Crippen LogP contribution in [0.1, 0.15) is 37.0 Å². The molecule has 100 valence electrons. The Kier molecular flexibility index (Phi) is 4.67. The Morgan fingerprint density at radius 3 is 2.39 bits per heavy atom. The third-order valence-corrected chi connectivity index (χ3v) is 2.65. The zero-order chi connectivity index (χ0) is 13.9. The molecule has 1 atom stereocenters. The Hall–Kier alpha value is -1.62. The van der Waals surface area contributed by atoms with Crippen LogP contribution in [0.5, 0.6) is 5.75 Å². The summed E-state index contributed by atoms with van der Waals surface area (Å²) in [5.74, 6) is -1.11. The topological polar surface area (TPSA) is 55.8 Å². The molecule has 0 saturated heterocycles. The summed E-state index contributed by atoms with van der Waals surface area (Å²) < 4.78 is 23.4. The van der Waals surface area contributed by atoms with Gasteiger partial charge in [-0.1, -0.05) is 13.8 Å². The molecule has 0 saturated carbocycles. The number of hydrogen-bond donors (Lipinski definition) is 1. The number of halogens is 1. The highest BCUT2D eigenvalue weighted by molar-refractivity contribution is 5.76. The summed E-state index contributed by atoms with van der Waals surface area (Å²) in [6.07, 6.45) is -1.51. The highest BCUT2D eigenvalue weighted by Gasteiger charge is 2.22. The molecule has 0 aliphatic rings. The lowest BCUT2D eigenvalue weighted by molar-refractivity contribution is -0.150. The van der Waals surface area contributed by atoms with Crippen LogP contribution in [0.25, 0.3) is 0 Å². The van der Waals surface area contributed by atoms with Gasteiger partial charge in [-0.3, -0.25) is 0 Å². The second-order valence-electron chi connectivity index (χ2n) is 4.20. The maximum Gasteiger partial charge on any atom is 0.339 e. The molecule has 0 radical (unpaired) electrons. The summed E-state index contributed by atoms with van der Waals surface area (Å²) in [5.41, 5.74) is 0.527. The van der Waals surface area contributed by atoms with Gasteiger partial charge in [0.1, 0.15) is 11.6 Å². The van der Waals surface area contributed by atoms with E-state index in [-0.39, 0.29) is 11.5 Å². The molecule has 1 N–H and O–H groups in total. The van der Waals surface area contributed by atoms with Crippen LogP contribution in [0.3, 0.4) is 0 Å². The predicted molar refractivity (Wildman–Crippen MR) is 64.0 cm³/mol. The van der Waals surface area contributed by atoms with E-state index in [1.807, 2.05) is 13.8 Å². The van der Waals surface area contributed by atoms with E-state index in [2.05, 4.69) is 4.74 Å². The summed E-state index contributed by atoms with van der Waals surface area (Å²) >= 11 is 0. The normalized spacial score (nSPS) is 12.4. The lowest BCUT2D eigenvalue weighted by atomic mass is 9.97. The number of benzene rings is 1. The lowest BCUT2D eigenvalue weighted by Gasteiger charge is -2.16. The number of ether oxygens (including phenoxy) is 2.